The molecule has 0 saturated heterocycles. The van der Waals surface area contributed by atoms with Crippen LogP contribution in [0.2, 0.25) is 0 Å². The van der Waals surface area contributed by atoms with E-state index in [1.54, 1.807) is 21.0 Å². The Hall–Kier alpha value is -1.59. The Balaban J connectivity index is 2.30. The normalized spacial score (nSPS) is 24.0. The number of rotatable bonds is 5. The van der Waals surface area contributed by atoms with Gasteiger partial charge in [0.2, 0.25) is 0 Å². The Morgan fingerprint density at radius 1 is 1.33 bits per heavy atom. The largest absolute Gasteiger partial charge is 0.497 e. The van der Waals surface area contributed by atoms with E-state index in [2.05, 4.69) is 0 Å². The number of methoxy groups -OCH3 is 1. The molecule has 2 N–H and O–H groups in total. The molecule has 5 nitrogen and oxygen atoms in total. The van der Waals surface area contributed by atoms with E-state index >= 15 is 0 Å². The van der Waals surface area contributed by atoms with Gasteiger partial charge in [-0.25, -0.2) is 4.79 Å². The monoisotopic (exact) mass is 294 g/mol. The van der Waals surface area contributed by atoms with Gasteiger partial charge in [-0.3, -0.25) is 0 Å². The van der Waals surface area contributed by atoms with E-state index in [-0.39, 0.29) is 6.42 Å². The molecule has 0 bridgehead atoms. The highest BCUT2D eigenvalue weighted by atomic mass is 16.5. The fraction of sp³-hybridized carbons (Fsp3) is 0.562. The molecule has 5 heteroatoms. The highest BCUT2D eigenvalue weighted by Gasteiger charge is 2.44. The number of fused-ring (bicyclic) bond motifs is 1. The average Bonchev–Trinajstić information content (AvgIpc) is 2.46. The number of aliphatic hydroxyl groups is 1. The first kappa shape index (κ1) is 15.8. The fourth-order valence-electron chi connectivity index (χ4n) is 2.66. The SMILES string of the molecule is COc1ccc2c(c1)CC(OC(C)C(C)O)(C(=O)O)CC2. The van der Waals surface area contributed by atoms with Crippen LogP contribution in [0.3, 0.4) is 0 Å². The van der Waals surface area contributed by atoms with Crippen molar-refractivity contribution in [2.75, 3.05) is 7.11 Å². The molecule has 0 heterocycles. The van der Waals surface area contributed by atoms with Crippen molar-refractivity contribution in [2.24, 2.45) is 0 Å². The number of benzene rings is 1. The molecule has 0 spiro atoms. The van der Waals surface area contributed by atoms with E-state index in [0.717, 1.165) is 11.1 Å². The predicted molar refractivity (Wildman–Crippen MR) is 77.6 cm³/mol. The first-order valence-electron chi connectivity index (χ1n) is 7.13. The number of ether oxygens (including phenoxy) is 2. The van der Waals surface area contributed by atoms with Gasteiger partial charge in [0.25, 0.3) is 0 Å². The summed E-state index contributed by atoms with van der Waals surface area (Å²) in [6, 6.07) is 5.71. The molecule has 2 rings (SSSR count). The zero-order chi connectivity index (χ0) is 15.6. The molecule has 0 amide bonds. The van der Waals surface area contributed by atoms with Crippen LogP contribution in [0.5, 0.6) is 5.75 Å². The van der Waals surface area contributed by atoms with E-state index < -0.39 is 23.8 Å². The standard InChI is InChI=1S/C16H22O5/c1-10(17)11(2)21-16(15(18)19)7-6-12-4-5-14(20-3)8-13(12)9-16/h4-5,8,10-11,17H,6-7,9H2,1-3H3,(H,18,19). The number of aliphatic hydroxyl groups excluding tert-OH is 1. The van der Waals surface area contributed by atoms with Gasteiger partial charge in [0.05, 0.1) is 19.3 Å². The first-order chi connectivity index (χ1) is 9.88. The predicted octanol–water partition coefficient (Wildman–Crippen LogP) is 1.79. The summed E-state index contributed by atoms with van der Waals surface area (Å²) in [5, 5.41) is 19.2. The molecular formula is C16H22O5. The van der Waals surface area contributed by atoms with Crippen LogP contribution in [0.15, 0.2) is 18.2 Å². The minimum atomic E-state index is -1.28. The molecule has 116 valence electrons. The number of carboxylic acid groups (broad SMARTS) is 1. The Labute approximate surface area is 124 Å². The lowest BCUT2D eigenvalue weighted by Crippen LogP contribution is -2.50. The lowest BCUT2D eigenvalue weighted by atomic mass is 9.80. The van der Waals surface area contributed by atoms with Gasteiger partial charge in [-0.05, 0) is 49.9 Å². The Morgan fingerprint density at radius 3 is 2.62 bits per heavy atom. The molecule has 0 saturated carbocycles. The summed E-state index contributed by atoms with van der Waals surface area (Å²) in [4.78, 5) is 11.8. The molecule has 3 atom stereocenters. The van der Waals surface area contributed by atoms with Crippen molar-refractivity contribution in [3.63, 3.8) is 0 Å². The van der Waals surface area contributed by atoms with Gasteiger partial charge in [-0.1, -0.05) is 6.07 Å². The van der Waals surface area contributed by atoms with Crippen molar-refractivity contribution in [3.05, 3.63) is 29.3 Å². The average molecular weight is 294 g/mol. The highest BCUT2D eigenvalue weighted by Crippen LogP contribution is 2.35. The van der Waals surface area contributed by atoms with Crippen LogP contribution in [-0.4, -0.2) is 41.1 Å². The van der Waals surface area contributed by atoms with Gasteiger partial charge in [0.15, 0.2) is 5.60 Å². The number of aliphatic carboxylic acids is 1. The van der Waals surface area contributed by atoms with E-state index in [0.29, 0.717) is 18.6 Å². The van der Waals surface area contributed by atoms with Crippen molar-refractivity contribution in [3.8, 4) is 5.75 Å². The second-order valence-electron chi connectivity index (χ2n) is 5.67. The molecule has 1 aliphatic rings. The van der Waals surface area contributed by atoms with Crippen LogP contribution in [0.1, 0.15) is 31.4 Å². The topological polar surface area (TPSA) is 76.0 Å². The van der Waals surface area contributed by atoms with Crippen LogP contribution >= 0.6 is 0 Å². The Morgan fingerprint density at radius 2 is 2.05 bits per heavy atom. The first-order valence-corrected chi connectivity index (χ1v) is 7.13. The summed E-state index contributed by atoms with van der Waals surface area (Å²) >= 11 is 0. The van der Waals surface area contributed by atoms with E-state index in [1.807, 2.05) is 18.2 Å². The molecule has 0 radical (unpaired) electrons. The van der Waals surface area contributed by atoms with Crippen LogP contribution in [0, 0.1) is 0 Å². The van der Waals surface area contributed by atoms with Gasteiger partial charge >= 0.3 is 5.97 Å². The lowest BCUT2D eigenvalue weighted by molar-refractivity contribution is -0.182. The van der Waals surface area contributed by atoms with E-state index in [4.69, 9.17) is 9.47 Å². The summed E-state index contributed by atoms with van der Waals surface area (Å²) in [6.07, 6.45) is 0.0733. The quantitative estimate of drug-likeness (QED) is 0.866. The highest BCUT2D eigenvalue weighted by molar-refractivity contribution is 5.78. The van der Waals surface area contributed by atoms with Gasteiger partial charge < -0.3 is 19.7 Å². The number of carbonyl (C=O) groups is 1. The lowest BCUT2D eigenvalue weighted by Gasteiger charge is -2.37. The minimum absolute atomic E-state index is 0.284. The molecule has 0 aliphatic heterocycles. The van der Waals surface area contributed by atoms with Crippen LogP contribution in [0.4, 0.5) is 0 Å². The van der Waals surface area contributed by atoms with Gasteiger partial charge in [0.1, 0.15) is 5.75 Å². The molecular weight excluding hydrogens is 272 g/mol. The van der Waals surface area contributed by atoms with Crippen LogP contribution < -0.4 is 4.74 Å². The third-order valence-corrected chi connectivity index (χ3v) is 4.17. The molecule has 1 aromatic carbocycles. The van der Waals surface area contributed by atoms with Gasteiger partial charge in [-0.15, -0.1) is 0 Å². The van der Waals surface area contributed by atoms with Crippen molar-refractivity contribution in [1.29, 1.82) is 0 Å². The maximum absolute atomic E-state index is 11.8. The maximum atomic E-state index is 11.8. The summed E-state index contributed by atoms with van der Waals surface area (Å²) in [5.41, 5.74) is 0.775. The Kier molecular flexibility index (Phi) is 4.54. The van der Waals surface area contributed by atoms with E-state index in [1.165, 1.54) is 0 Å². The number of hydrogen-bond donors (Lipinski definition) is 2. The number of hydrogen-bond acceptors (Lipinski definition) is 4. The zero-order valence-electron chi connectivity index (χ0n) is 12.6. The number of aryl methyl sites for hydroxylation is 1. The van der Waals surface area contributed by atoms with Crippen molar-refractivity contribution >= 4 is 5.97 Å². The second-order valence-corrected chi connectivity index (χ2v) is 5.67. The molecule has 21 heavy (non-hydrogen) atoms. The smallest absolute Gasteiger partial charge is 0.336 e. The summed E-state index contributed by atoms with van der Waals surface area (Å²) < 4.78 is 10.9. The van der Waals surface area contributed by atoms with Crippen LogP contribution in [-0.2, 0) is 22.4 Å². The third kappa shape index (κ3) is 3.19. The van der Waals surface area contributed by atoms with Gasteiger partial charge in [-0.2, -0.15) is 0 Å². The van der Waals surface area contributed by atoms with Crippen molar-refractivity contribution in [1.82, 2.24) is 0 Å². The van der Waals surface area contributed by atoms with E-state index in [9.17, 15) is 15.0 Å². The molecule has 1 aromatic rings. The maximum Gasteiger partial charge on any atom is 0.336 e. The molecule has 0 aromatic heterocycles. The molecule has 0 fully saturated rings. The second kappa shape index (κ2) is 6.03. The fourth-order valence-corrected chi connectivity index (χ4v) is 2.66. The van der Waals surface area contributed by atoms with Crippen LogP contribution in [0.25, 0.3) is 0 Å². The van der Waals surface area contributed by atoms with Crippen molar-refractivity contribution in [2.45, 2.75) is 50.9 Å². The zero-order valence-corrected chi connectivity index (χ0v) is 12.6. The summed E-state index contributed by atoms with van der Waals surface area (Å²) in [6.45, 7) is 3.29. The summed E-state index contributed by atoms with van der Waals surface area (Å²) in [5.74, 6) is -0.276. The third-order valence-electron chi connectivity index (χ3n) is 4.17. The number of carboxylic acids is 1. The summed E-state index contributed by atoms with van der Waals surface area (Å²) in [7, 11) is 1.58. The van der Waals surface area contributed by atoms with Crippen molar-refractivity contribution < 1.29 is 24.5 Å². The minimum Gasteiger partial charge on any atom is -0.497 e. The molecule has 1 aliphatic carbocycles. The Bertz CT molecular complexity index is 525. The van der Waals surface area contributed by atoms with Gasteiger partial charge in [0, 0.05) is 6.42 Å². The molecule has 3 unspecified atom stereocenters.